The zero-order valence-corrected chi connectivity index (χ0v) is 21.0. The van der Waals surface area contributed by atoms with Gasteiger partial charge in [0.1, 0.15) is 0 Å². The van der Waals surface area contributed by atoms with E-state index in [9.17, 15) is 0 Å². The summed E-state index contributed by atoms with van der Waals surface area (Å²) in [6.07, 6.45) is 8.88. The van der Waals surface area contributed by atoms with Crippen LogP contribution in [0.15, 0.2) is 96.3 Å². The Morgan fingerprint density at radius 3 is 2.47 bits per heavy atom. The number of rotatable bonds is 3. The molecular weight excluding hydrogens is 603 g/mol. The van der Waals surface area contributed by atoms with Gasteiger partial charge in [-0.15, -0.1) is 29.8 Å². The van der Waals surface area contributed by atoms with Crippen molar-refractivity contribution in [1.82, 2.24) is 24.3 Å². The van der Waals surface area contributed by atoms with E-state index >= 15 is 0 Å². The number of hydrogen-bond acceptors (Lipinski definition) is 4. The Kier molecular flexibility index (Phi) is 7.16. The predicted molar refractivity (Wildman–Crippen MR) is 127 cm³/mol. The van der Waals surface area contributed by atoms with Crippen molar-refractivity contribution in [3.05, 3.63) is 115 Å². The van der Waals surface area contributed by atoms with Crippen LogP contribution in [0.4, 0.5) is 0 Å². The van der Waals surface area contributed by atoms with E-state index in [0.29, 0.717) is 0 Å². The molecule has 0 amide bonds. The molecule has 0 bridgehead atoms. The third-order valence-electron chi connectivity index (χ3n) is 5.27. The van der Waals surface area contributed by atoms with E-state index in [0.717, 1.165) is 33.9 Å². The molecule has 0 saturated heterocycles. The van der Waals surface area contributed by atoms with Crippen molar-refractivity contribution >= 4 is 11.1 Å². The van der Waals surface area contributed by atoms with Gasteiger partial charge in [-0.1, -0.05) is 18.2 Å². The third-order valence-corrected chi connectivity index (χ3v) is 5.27. The van der Waals surface area contributed by atoms with Gasteiger partial charge in [-0.25, -0.2) is 4.98 Å². The fourth-order valence-corrected chi connectivity index (χ4v) is 3.74. The van der Waals surface area contributed by atoms with Gasteiger partial charge in [-0.3, -0.25) is 9.67 Å². The molecule has 3 heterocycles. The van der Waals surface area contributed by atoms with Crippen LogP contribution in [-0.2, 0) is 20.1 Å². The first-order chi connectivity index (χ1) is 16.2. The maximum Gasteiger partial charge on any atom is 0.169 e. The van der Waals surface area contributed by atoms with Crippen molar-refractivity contribution < 1.29 is 24.5 Å². The van der Waals surface area contributed by atoms with E-state index in [1.165, 1.54) is 17.5 Å². The second kappa shape index (κ2) is 10.4. The molecule has 1 radical (unpaired) electrons. The third kappa shape index (κ3) is 4.76. The molecule has 0 N–H and O–H groups in total. The normalized spacial score (nSPS) is 10.4. The minimum atomic E-state index is 0. The van der Waals surface area contributed by atoms with Crippen LogP contribution >= 0.6 is 0 Å². The Morgan fingerprint density at radius 1 is 0.882 bits per heavy atom. The molecule has 34 heavy (non-hydrogen) atoms. The van der Waals surface area contributed by atoms with Gasteiger partial charge in [0.25, 0.3) is 0 Å². The second-order valence-electron chi connectivity index (χ2n) is 7.51. The fraction of sp³-hybridized carbons (Fsp3) is 0.0741. The van der Waals surface area contributed by atoms with E-state index in [-0.39, 0.29) is 20.1 Å². The van der Waals surface area contributed by atoms with Gasteiger partial charge in [-0.2, -0.15) is 29.4 Å². The SMILES string of the molecule is Cc1cccc(C)c1-n1ccnc1-c1[c-]cc2ocnc2c1.[Ir].[c-]1ccccc1-n1cccn1. The number of imidazole rings is 1. The summed E-state index contributed by atoms with van der Waals surface area (Å²) < 4.78 is 9.15. The Bertz CT molecular complexity index is 1470. The summed E-state index contributed by atoms with van der Waals surface area (Å²) >= 11 is 0. The standard InChI is InChI=1S/C18H14N3O.C9H7N2.Ir/c1-12-4-3-5-13(2)17(12)21-9-8-19-18(21)14-6-7-16-15(10-14)20-11-22-16;1-2-5-9(6-3-1)11-8-4-7-10-11;/h3-5,7-11H,1-2H3;1-5,7-8H;/q2*-1;. The maximum atomic E-state index is 5.27. The van der Waals surface area contributed by atoms with E-state index in [1.807, 2.05) is 55.0 Å². The van der Waals surface area contributed by atoms with Gasteiger partial charge in [0.05, 0.1) is 11.4 Å². The van der Waals surface area contributed by atoms with Crippen molar-refractivity contribution in [3.63, 3.8) is 0 Å². The quantitative estimate of drug-likeness (QED) is 0.235. The van der Waals surface area contributed by atoms with Gasteiger partial charge in [0.2, 0.25) is 0 Å². The summed E-state index contributed by atoms with van der Waals surface area (Å²) in [6.45, 7) is 4.22. The Balaban J connectivity index is 0.000000193. The summed E-state index contributed by atoms with van der Waals surface area (Å²) in [5, 5.41) is 4.07. The zero-order valence-electron chi connectivity index (χ0n) is 18.6. The minimum absolute atomic E-state index is 0. The largest absolute Gasteiger partial charge is 0.490 e. The molecule has 3 aromatic carbocycles. The molecule has 0 aliphatic heterocycles. The van der Waals surface area contributed by atoms with Crippen LogP contribution in [0, 0.1) is 26.0 Å². The fourth-order valence-electron chi connectivity index (χ4n) is 3.74. The van der Waals surface area contributed by atoms with Crippen molar-refractivity contribution in [3.8, 4) is 22.8 Å². The summed E-state index contributed by atoms with van der Waals surface area (Å²) in [6, 6.07) is 26.0. The summed E-state index contributed by atoms with van der Waals surface area (Å²) in [4.78, 5) is 8.71. The first-order valence-electron chi connectivity index (χ1n) is 10.5. The number of hydrogen-bond donors (Lipinski definition) is 0. The molecule has 6 aromatic rings. The van der Waals surface area contributed by atoms with Gasteiger partial charge >= 0.3 is 0 Å². The number of para-hydroxylation sites is 2. The van der Waals surface area contributed by atoms with Gasteiger partial charge in [0.15, 0.2) is 6.39 Å². The first kappa shape index (κ1) is 23.4. The topological polar surface area (TPSA) is 61.7 Å². The van der Waals surface area contributed by atoms with Crippen molar-refractivity contribution in [2.24, 2.45) is 0 Å². The Labute approximate surface area is 211 Å². The van der Waals surface area contributed by atoms with Crippen molar-refractivity contribution in [2.75, 3.05) is 0 Å². The summed E-state index contributed by atoms with van der Waals surface area (Å²) in [5.41, 5.74) is 6.98. The average molecular weight is 624 g/mol. The van der Waals surface area contributed by atoms with Crippen LogP contribution in [0.1, 0.15) is 11.1 Å². The first-order valence-corrected chi connectivity index (χ1v) is 10.5. The molecule has 0 spiro atoms. The smallest absolute Gasteiger partial charge is 0.169 e. The number of benzene rings is 3. The minimum Gasteiger partial charge on any atom is -0.490 e. The molecule has 0 aliphatic carbocycles. The molecule has 0 atom stereocenters. The van der Waals surface area contributed by atoms with Gasteiger partial charge in [-0.05, 0) is 36.7 Å². The molecule has 6 rings (SSSR count). The van der Waals surface area contributed by atoms with Crippen LogP contribution in [0.2, 0.25) is 0 Å². The number of fused-ring (bicyclic) bond motifs is 1. The predicted octanol–water partition coefficient (Wildman–Crippen LogP) is 5.77. The molecule has 6 nitrogen and oxygen atoms in total. The van der Waals surface area contributed by atoms with Gasteiger partial charge in [0, 0.05) is 56.1 Å². The van der Waals surface area contributed by atoms with E-state index < -0.39 is 0 Å². The molecule has 7 heteroatoms. The van der Waals surface area contributed by atoms with E-state index in [2.05, 4.69) is 63.8 Å². The van der Waals surface area contributed by atoms with Crippen LogP contribution < -0.4 is 0 Å². The summed E-state index contributed by atoms with van der Waals surface area (Å²) in [5.74, 6) is 0.849. The molecular formula is C27H21IrN5O-2. The van der Waals surface area contributed by atoms with Crippen LogP contribution in [0.3, 0.4) is 0 Å². The van der Waals surface area contributed by atoms with E-state index in [1.54, 1.807) is 16.9 Å². The van der Waals surface area contributed by atoms with Gasteiger partial charge < -0.3 is 8.98 Å². The average Bonchev–Trinajstić information content (AvgIpc) is 3.61. The Morgan fingerprint density at radius 2 is 1.74 bits per heavy atom. The molecule has 0 saturated carbocycles. The maximum absolute atomic E-state index is 5.27. The molecule has 0 aliphatic rings. The van der Waals surface area contributed by atoms with Crippen LogP contribution in [0.5, 0.6) is 0 Å². The number of aromatic nitrogens is 5. The number of aryl methyl sites for hydroxylation is 2. The molecule has 171 valence electrons. The molecule has 0 unspecified atom stereocenters. The Hall–Kier alpha value is -3.80. The molecule has 3 aromatic heterocycles. The van der Waals surface area contributed by atoms with Crippen molar-refractivity contribution in [1.29, 1.82) is 0 Å². The monoisotopic (exact) mass is 624 g/mol. The van der Waals surface area contributed by atoms with Crippen molar-refractivity contribution in [2.45, 2.75) is 13.8 Å². The van der Waals surface area contributed by atoms with E-state index in [4.69, 9.17) is 4.42 Å². The summed E-state index contributed by atoms with van der Waals surface area (Å²) in [7, 11) is 0. The number of oxazole rings is 1. The second-order valence-corrected chi connectivity index (χ2v) is 7.51. The van der Waals surface area contributed by atoms with Crippen LogP contribution in [-0.4, -0.2) is 24.3 Å². The van der Waals surface area contributed by atoms with Crippen LogP contribution in [0.25, 0.3) is 33.9 Å². The molecule has 0 fully saturated rings. The zero-order chi connectivity index (χ0) is 22.6. The number of nitrogens with zero attached hydrogens (tertiary/aromatic N) is 5.